The quantitative estimate of drug-likeness (QED) is 0.469. The van der Waals surface area contributed by atoms with Crippen LogP contribution < -0.4 is 10.7 Å². The molecule has 4 aromatic rings. The fourth-order valence-electron chi connectivity index (χ4n) is 4.79. The average molecular weight is 441 g/mol. The highest BCUT2D eigenvalue weighted by Gasteiger charge is 2.35. The molecule has 33 heavy (non-hydrogen) atoms. The maximum Gasteiger partial charge on any atom is 0.223 e. The van der Waals surface area contributed by atoms with E-state index >= 15 is 0 Å². The van der Waals surface area contributed by atoms with E-state index in [0.717, 1.165) is 5.69 Å². The number of aromatic hydroxyl groups is 1. The Morgan fingerprint density at radius 2 is 1.67 bits per heavy atom. The number of pyridine rings is 1. The van der Waals surface area contributed by atoms with Crippen LogP contribution in [0, 0.1) is 0 Å². The first-order chi connectivity index (χ1) is 16.0. The summed E-state index contributed by atoms with van der Waals surface area (Å²) in [6, 6.07) is 22.5. The lowest BCUT2D eigenvalue weighted by Gasteiger charge is -2.36. The molecule has 1 atom stereocenters. The molecule has 2 aromatic carbocycles. The van der Waals surface area contributed by atoms with Crippen molar-refractivity contribution in [2.75, 3.05) is 0 Å². The standard InChI is InChI=1S/C27H28N4O2/c1-18(2)28-15-21-16-29-27-25-26(33)23(32)13-14-30(25)22(17-31(21)27)24(19-9-5-3-6-10-19)20-11-7-4-8-12-20/h3-14,16,18,22,24,28,33H,15,17H2,1-2H3/t22-/m1/s1. The summed E-state index contributed by atoms with van der Waals surface area (Å²) in [5.74, 6) is 0.397. The first-order valence-corrected chi connectivity index (χ1v) is 11.4. The lowest BCUT2D eigenvalue weighted by molar-refractivity contribution is 0.357. The fourth-order valence-corrected chi connectivity index (χ4v) is 4.79. The summed E-state index contributed by atoms with van der Waals surface area (Å²) in [6.07, 6.45) is 3.64. The van der Waals surface area contributed by atoms with Crippen LogP contribution in [0.15, 0.2) is 83.9 Å². The Morgan fingerprint density at radius 3 is 2.27 bits per heavy atom. The van der Waals surface area contributed by atoms with Crippen LogP contribution in [0.2, 0.25) is 0 Å². The molecule has 0 amide bonds. The summed E-state index contributed by atoms with van der Waals surface area (Å²) >= 11 is 0. The van der Waals surface area contributed by atoms with Gasteiger partial charge in [-0.3, -0.25) is 4.79 Å². The van der Waals surface area contributed by atoms with Crippen LogP contribution in [0.4, 0.5) is 0 Å². The summed E-state index contributed by atoms with van der Waals surface area (Å²) in [6.45, 7) is 5.56. The average Bonchev–Trinajstić information content (AvgIpc) is 3.24. The third-order valence-corrected chi connectivity index (χ3v) is 6.37. The number of nitrogens with zero attached hydrogens (tertiary/aromatic N) is 3. The molecule has 2 aromatic heterocycles. The third kappa shape index (κ3) is 3.87. The SMILES string of the molecule is CC(C)NCc1cnc2n1C[C@H](C(c1ccccc1)c1ccccc1)n1ccc(=O)c(O)c1-2. The van der Waals surface area contributed by atoms with Crippen molar-refractivity contribution in [1.29, 1.82) is 0 Å². The monoisotopic (exact) mass is 440 g/mol. The molecular formula is C27H28N4O2. The van der Waals surface area contributed by atoms with E-state index in [1.165, 1.54) is 17.2 Å². The van der Waals surface area contributed by atoms with E-state index in [9.17, 15) is 9.90 Å². The van der Waals surface area contributed by atoms with E-state index in [4.69, 9.17) is 0 Å². The van der Waals surface area contributed by atoms with Crippen molar-refractivity contribution in [1.82, 2.24) is 19.4 Å². The maximum absolute atomic E-state index is 12.4. The molecule has 0 saturated heterocycles. The second-order valence-electron chi connectivity index (χ2n) is 8.87. The zero-order valence-corrected chi connectivity index (χ0v) is 18.8. The summed E-state index contributed by atoms with van der Waals surface area (Å²) in [4.78, 5) is 17.0. The molecule has 5 rings (SSSR count). The van der Waals surface area contributed by atoms with Gasteiger partial charge in [0.05, 0.1) is 17.9 Å². The van der Waals surface area contributed by atoms with Gasteiger partial charge in [-0.1, -0.05) is 74.5 Å². The van der Waals surface area contributed by atoms with Crippen LogP contribution >= 0.6 is 0 Å². The number of imidazole rings is 1. The lowest BCUT2D eigenvalue weighted by Crippen LogP contribution is -2.32. The molecule has 168 valence electrons. The van der Waals surface area contributed by atoms with Gasteiger partial charge in [-0.2, -0.15) is 0 Å². The van der Waals surface area contributed by atoms with Crippen LogP contribution in [0.25, 0.3) is 11.5 Å². The molecule has 2 N–H and O–H groups in total. The Bertz CT molecular complexity index is 1270. The number of fused-ring (bicyclic) bond motifs is 3. The zero-order chi connectivity index (χ0) is 22.9. The molecule has 0 unspecified atom stereocenters. The van der Waals surface area contributed by atoms with E-state index < -0.39 is 5.43 Å². The smallest absolute Gasteiger partial charge is 0.223 e. The highest BCUT2D eigenvalue weighted by Crippen LogP contribution is 2.43. The number of nitrogens with one attached hydrogen (secondary N) is 1. The Labute approximate surface area is 193 Å². The summed E-state index contributed by atoms with van der Waals surface area (Å²) in [7, 11) is 0. The second kappa shape index (κ2) is 8.71. The molecule has 1 aliphatic heterocycles. The van der Waals surface area contributed by atoms with E-state index in [2.05, 4.69) is 77.2 Å². The molecule has 0 radical (unpaired) electrons. The van der Waals surface area contributed by atoms with Gasteiger partial charge < -0.3 is 19.6 Å². The van der Waals surface area contributed by atoms with Crippen LogP contribution in [-0.2, 0) is 13.1 Å². The highest BCUT2D eigenvalue weighted by atomic mass is 16.3. The number of rotatable bonds is 6. The molecule has 0 fully saturated rings. The Morgan fingerprint density at radius 1 is 1.03 bits per heavy atom. The number of hydrogen-bond acceptors (Lipinski definition) is 4. The van der Waals surface area contributed by atoms with Gasteiger partial charge in [0.2, 0.25) is 5.43 Å². The maximum atomic E-state index is 12.4. The van der Waals surface area contributed by atoms with Crippen LogP contribution in [0.3, 0.4) is 0 Å². The Hall–Kier alpha value is -3.64. The van der Waals surface area contributed by atoms with Crippen LogP contribution in [-0.4, -0.2) is 25.3 Å². The predicted molar refractivity (Wildman–Crippen MR) is 129 cm³/mol. The van der Waals surface area contributed by atoms with Crippen molar-refractivity contribution in [2.45, 2.75) is 44.9 Å². The number of aromatic nitrogens is 3. The molecule has 3 heterocycles. The van der Waals surface area contributed by atoms with E-state index in [1.807, 2.05) is 22.9 Å². The van der Waals surface area contributed by atoms with Crippen molar-refractivity contribution < 1.29 is 5.11 Å². The summed E-state index contributed by atoms with van der Waals surface area (Å²) in [5.41, 5.74) is 3.48. The summed E-state index contributed by atoms with van der Waals surface area (Å²) < 4.78 is 4.18. The van der Waals surface area contributed by atoms with Crippen molar-refractivity contribution in [3.05, 3.63) is 106 Å². The Balaban J connectivity index is 1.71. The zero-order valence-electron chi connectivity index (χ0n) is 18.8. The number of hydrogen-bond donors (Lipinski definition) is 2. The molecule has 0 bridgehead atoms. The first-order valence-electron chi connectivity index (χ1n) is 11.4. The minimum absolute atomic E-state index is 0.0227. The molecule has 0 aliphatic carbocycles. The van der Waals surface area contributed by atoms with Gasteiger partial charge in [0.25, 0.3) is 0 Å². The van der Waals surface area contributed by atoms with Gasteiger partial charge in [-0.15, -0.1) is 0 Å². The van der Waals surface area contributed by atoms with Gasteiger partial charge in [-0.05, 0) is 11.1 Å². The molecular weight excluding hydrogens is 412 g/mol. The Kier molecular flexibility index (Phi) is 5.60. The molecule has 0 saturated carbocycles. The van der Waals surface area contributed by atoms with Gasteiger partial charge >= 0.3 is 0 Å². The van der Waals surface area contributed by atoms with Crippen molar-refractivity contribution >= 4 is 0 Å². The molecule has 0 spiro atoms. The van der Waals surface area contributed by atoms with Crippen molar-refractivity contribution in [3.8, 4) is 17.3 Å². The minimum atomic E-state index is -0.394. The van der Waals surface area contributed by atoms with Gasteiger partial charge in [0, 0.05) is 37.3 Å². The second-order valence-corrected chi connectivity index (χ2v) is 8.87. The van der Waals surface area contributed by atoms with E-state index in [1.54, 1.807) is 6.20 Å². The molecule has 1 aliphatic rings. The fraction of sp³-hybridized carbons (Fsp3) is 0.259. The predicted octanol–water partition coefficient (Wildman–Crippen LogP) is 4.30. The minimum Gasteiger partial charge on any atom is -0.503 e. The van der Waals surface area contributed by atoms with Gasteiger partial charge in [0.1, 0.15) is 5.69 Å². The lowest BCUT2D eigenvalue weighted by atomic mass is 9.83. The van der Waals surface area contributed by atoms with Gasteiger partial charge in [-0.25, -0.2) is 4.98 Å². The van der Waals surface area contributed by atoms with Crippen molar-refractivity contribution in [3.63, 3.8) is 0 Å². The highest BCUT2D eigenvalue weighted by molar-refractivity contribution is 5.62. The van der Waals surface area contributed by atoms with Crippen LogP contribution in [0.5, 0.6) is 5.75 Å². The molecule has 6 heteroatoms. The van der Waals surface area contributed by atoms with E-state index in [0.29, 0.717) is 30.6 Å². The normalized spacial score (nSPS) is 15.0. The summed E-state index contributed by atoms with van der Waals surface area (Å²) in [5, 5.41) is 14.3. The third-order valence-electron chi connectivity index (χ3n) is 6.37. The first kappa shape index (κ1) is 21.2. The topological polar surface area (TPSA) is 72.1 Å². The molecule has 6 nitrogen and oxygen atoms in total. The van der Waals surface area contributed by atoms with Crippen molar-refractivity contribution in [2.24, 2.45) is 0 Å². The van der Waals surface area contributed by atoms with Gasteiger partial charge in [0.15, 0.2) is 11.6 Å². The van der Waals surface area contributed by atoms with Crippen LogP contribution in [0.1, 0.15) is 42.6 Å². The number of benzene rings is 2. The largest absolute Gasteiger partial charge is 0.503 e. The van der Waals surface area contributed by atoms with E-state index in [-0.39, 0.29) is 17.7 Å².